The molecule has 0 bridgehead atoms. The van der Waals surface area contributed by atoms with Crippen molar-refractivity contribution in [1.29, 1.82) is 0 Å². The summed E-state index contributed by atoms with van der Waals surface area (Å²) in [5, 5.41) is 18.0. The van der Waals surface area contributed by atoms with Gasteiger partial charge in [0.25, 0.3) is 0 Å². The smallest absolute Gasteiger partial charge is 0.0930 e. The molecule has 1 N–H and O–H groups in total. The largest absolute Gasteiger partial charge is 0.392 e. The van der Waals surface area contributed by atoms with Gasteiger partial charge in [-0.15, -0.1) is 5.10 Å². The van der Waals surface area contributed by atoms with E-state index >= 15 is 0 Å². The van der Waals surface area contributed by atoms with Gasteiger partial charge in [0.1, 0.15) is 0 Å². The molecule has 6 nitrogen and oxygen atoms in total. The summed E-state index contributed by atoms with van der Waals surface area (Å²) in [6.07, 6.45) is 3.05. The molecule has 25 heavy (non-hydrogen) atoms. The lowest BCUT2D eigenvalue weighted by Gasteiger charge is -2.41. The maximum absolute atomic E-state index is 9.71. The van der Waals surface area contributed by atoms with Crippen LogP contribution in [0.4, 0.5) is 0 Å². The summed E-state index contributed by atoms with van der Waals surface area (Å²) in [5.41, 5.74) is 7.17. The quantitative estimate of drug-likeness (QED) is 0.925. The third kappa shape index (κ3) is 2.88. The van der Waals surface area contributed by atoms with Gasteiger partial charge in [0.05, 0.1) is 37.3 Å². The van der Waals surface area contributed by atoms with Gasteiger partial charge in [0, 0.05) is 19.6 Å². The zero-order valence-electron chi connectivity index (χ0n) is 15.2. The van der Waals surface area contributed by atoms with Crippen molar-refractivity contribution in [2.75, 3.05) is 13.1 Å². The maximum Gasteiger partial charge on any atom is 0.0930 e. The number of aryl methyl sites for hydroxylation is 2. The van der Waals surface area contributed by atoms with Crippen molar-refractivity contribution < 1.29 is 9.84 Å². The summed E-state index contributed by atoms with van der Waals surface area (Å²) in [4.78, 5) is 2.48. The molecule has 0 radical (unpaired) electrons. The van der Waals surface area contributed by atoms with Crippen LogP contribution in [0.2, 0.25) is 0 Å². The number of piperidine rings is 1. The van der Waals surface area contributed by atoms with E-state index in [-0.39, 0.29) is 18.8 Å². The Morgan fingerprint density at radius 3 is 2.84 bits per heavy atom. The number of hydrogen-bond donors (Lipinski definition) is 1. The molecule has 2 aromatic rings. The Hall–Kier alpha value is -1.76. The highest BCUT2D eigenvalue weighted by Crippen LogP contribution is 2.32. The lowest BCUT2D eigenvalue weighted by Crippen LogP contribution is -2.47. The molecule has 0 amide bonds. The maximum atomic E-state index is 9.71. The van der Waals surface area contributed by atoms with Gasteiger partial charge in [-0.05, 0) is 55.0 Å². The molecule has 0 saturated carbocycles. The predicted octanol–water partition coefficient (Wildman–Crippen LogP) is 2.04. The monoisotopic (exact) mass is 342 g/mol. The van der Waals surface area contributed by atoms with Crippen molar-refractivity contribution in [3.63, 3.8) is 0 Å². The molecule has 1 aromatic heterocycles. The summed E-state index contributed by atoms with van der Waals surface area (Å²) < 4.78 is 8.05. The van der Waals surface area contributed by atoms with Crippen LogP contribution in [0.1, 0.15) is 46.0 Å². The van der Waals surface area contributed by atoms with Crippen LogP contribution in [-0.4, -0.2) is 44.2 Å². The van der Waals surface area contributed by atoms with Crippen LogP contribution >= 0.6 is 0 Å². The summed E-state index contributed by atoms with van der Waals surface area (Å²) in [7, 11) is 0. The highest BCUT2D eigenvalue weighted by molar-refractivity contribution is 5.44. The van der Waals surface area contributed by atoms with Gasteiger partial charge < -0.3 is 9.84 Å². The van der Waals surface area contributed by atoms with Crippen LogP contribution in [0, 0.1) is 20.8 Å². The van der Waals surface area contributed by atoms with E-state index in [1.807, 2.05) is 4.68 Å². The number of aromatic nitrogens is 3. The molecule has 1 aromatic carbocycles. The van der Waals surface area contributed by atoms with Crippen LogP contribution in [0.3, 0.4) is 0 Å². The normalized spacial score (nSPS) is 23.4. The standard InChI is InChI=1S/C19H26N4O2/c1-12-6-13(2)17(10-24)14(3)16(12)8-22-5-4-19-18(9-22)23-15(11-25-19)7-20-21-23/h6-7,18-19,24H,4-5,8-11H2,1-3H3/t18-,19-/m1/s1. The highest BCUT2D eigenvalue weighted by Gasteiger charge is 2.36. The molecule has 1 saturated heterocycles. The molecule has 134 valence electrons. The average Bonchev–Trinajstić information content (AvgIpc) is 3.08. The zero-order chi connectivity index (χ0) is 17.6. The molecule has 2 atom stereocenters. The predicted molar refractivity (Wildman–Crippen MR) is 94.1 cm³/mol. The zero-order valence-corrected chi connectivity index (χ0v) is 15.2. The van der Waals surface area contributed by atoms with Crippen LogP contribution in [0.15, 0.2) is 12.3 Å². The van der Waals surface area contributed by atoms with Crippen molar-refractivity contribution >= 4 is 0 Å². The van der Waals surface area contributed by atoms with E-state index in [0.717, 1.165) is 37.3 Å². The van der Waals surface area contributed by atoms with Crippen LogP contribution in [-0.2, 0) is 24.5 Å². The van der Waals surface area contributed by atoms with Gasteiger partial charge >= 0.3 is 0 Å². The molecular weight excluding hydrogens is 316 g/mol. The summed E-state index contributed by atoms with van der Waals surface area (Å²) in [6, 6.07) is 2.43. The lowest BCUT2D eigenvalue weighted by molar-refractivity contribution is -0.0670. The second kappa shape index (κ2) is 6.52. The second-order valence-electron chi connectivity index (χ2n) is 7.36. The molecule has 2 aliphatic heterocycles. The second-order valence-corrected chi connectivity index (χ2v) is 7.36. The topological polar surface area (TPSA) is 63.4 Å². The Kier molecular flexibility index (Phi) is 4.35. The number of likely N-dealkylation sites (tertiary alicyclic amines) is 1. The average molecular weight is 342 g/mol. The van der Waals surface area contributed by atoms with Gasteiger partial charge in [0.15, 0.2) is 0 Å². The number of hydrogen-bond acceptors (Lipinski definition) is 5. The Bertz CT molecular complexity index is 786. The number of benzene rings is 1. The number of nitrogens with zero attached hydrogens (tertiary/aromatic N) is 4. The van der Waals surface area contributed by atoms with E-state index in [9.17, 15) is 5.11 Å². The SMILES string of the molecule is Cc1cc(C)c(CN2CC[C@H]3OCc4cnnn4[C@@H]3C2)c(C)c1CO. The molecule has 3 heterocycles. The van der Waals surface area contributed by atoms with Crippen LogP contribution < -0.4 is 0 Å². The van der Waals surface area contributed by atoms with E-state index < -0.39 is 0 Å². The van der Waals surface area contributed by atoms with E-state index in [1.165, 1.54) is 22.3 Å². The summed E-state index contributed by atoms with van der Waals surface area (Å²) >= 11 is 0. The number of ether oxygens (including phenoxy) is 1. The number of fused-ring (bicyclic) bond motifs is 3. The van der Waals surface area contributed by atoms with Gasteiger partial charge in [-0.2, -0.15) is 0 Å². The Labute approximate surface area is 148 Å². The third-order valence-electron chi connectivity index (χ3n) is 5.84. The molecule has 0 unspecified atom stereocenters. The van der Waals surface area contributed by atoms with Gasteiger partial charge in [-0.25, -0.2) is 4.68 Å². The molecule has 1 fully saturated rings. The molecule has 2 aliphatic rings. The molecule has 0 aliphatic carbocycles. The third-order valence-corrected chi connectivity index (χ3v) is 5.84. The van der Waals surface area contributed by atoms with Crippen molar-refractivity contribution in [3.8, 4) is 0 Å². The Balaban J connectivity index is 1.57. The number of aliphatic hydroxyl groups excluding tert-OH is 1. The fraction of sp³-hybridized carbons (Fsp3) is 0.579. The Morgan fingerprint density at radius 2 is 2.04 bits per heavy atom. The summed E-state index contributed by atoms with van der Waals surface area (Å²) in [6.45, 7) is 9.94. The van der Waals surface area contributed by atoms with Crippen molar-refractivity contribution in [3.05, 3.63) is 45.8 Å². The fourth-order valence-electron chi connectivity index (χ4n) is 4.37. The molecule has 6 heteroatoms. The molecule has 4 rings (SSSR count). The first-order chi connectivity index (χ1) is 12.1. The fourth-order valence-corrected chi connectivity index (χ4v) is 4.37. The van der Waals surface area contributed by atoms with E-state index in [0.29, 0.717) is 6.61 Å². The van der Waals surface area contributed by atoms with E-state index in [2.05, 4.69) is 42.0 Å². The van der Waals surface area contributed by atoms with Crippen molar-refractivity contribution in [2.24, 2.45) is 0 Å². The molecule has 0 spiro atoms. The first-order valence-corrected chi connectivity index (χ1v) is 9.01. The van der Waals surface area contributed by atoms with E-state index in [4.69, 9.17) is 4.74 Å². The van der Waals surface area contributed by atoms with Crippen LogP contribution in [0.25, 0.3) is 0 Å². The van der Waals surface area contributed by atoms with Gasteiger partial charge in [-0.1, -0.05) is 11.3 Å². The van der Waals surface area contributed by atoms with Crippen molar-refractivity contribution in [1.82, 2.24) is 19.9 Å². The number of rotatable bonds is 3. The first kappa shape index (κ1) is 16.7. The van der Waals surface area contributed by atoms with Crippen molar-refractivity contribution in [2.45, 2.75) is 59.1 Å². The minimum atomic E-state index is 0.103. The van der Waals surface area contributed by atoms with E-state index in [1.54, 1.807) is 6.20 Å². The first-order valence-electron chi connectivity index (χ1n) is 9.01. The van der Waals surface area contributed by atoms with Gasteiger partial charge in [-0.3, -0.25) is 4.90 Å². The minimum Gasteiger partial charge on any atom is -0.392 e. The van der Waals surface area contributed by atoms with Crippen LogP contribution in [0.5, 0.6) is 0 Å². The minimum absolute atomic E-state index is 0.103. The number of aliphatic hydroxyl groups is 1. The summed E-state index contributed by atoms with van der Waals surface area (Å²) in [5.74, 6) is 0. The molecular formula is C19H26N4O2. The highest BCUT2D eigenvalue weighted by atomic mass is 16.5. The Morgan fingerprint density at radius 1 is 1.24 bits per heavy atom. The lowest BCUT2D eigenvalue weighted by atomic mass is 9.92. The van der Waals surface area contributed by atoms with Gasteiger partial charge in [0.2, 0.25) is 0 Å².